The number of ether oxygens (including phenoxy) is 2. The van der Waals surface area contributed by atoms with Crippen molar-refractivity contribution in [2.75, 3.05) is 39.9 Å². The SMILES string of the molecule is CCOc1ccc(C(=O)N2CCC3(CC2)CCN(C(=S)NC(C(=O)OC)C(C)C)C3)cc1. The molecule has 2 aliphatic rings. The zero-order valence-electron chi connectivity index (χ0n) is 19.6. The molecular formula is C24H35N3O4S. The molecule has 0 saturated carbocycles. The number of rotatable bonds is 6. The van der Waals surface area contributed by atoms with Crippen molar-refractivity contribution in [1.82, 2.24) is 15.1 Å². The minimum Gasteiger partial charge on any atom is -0.494 e. The van der Waals surface area contributed by atoms with Crippen molar-refractivity contribution in [2.45, 2.75) is 46.1 Å². The Morgan fingerprint density at radius 1 is 1.09 bits per heavy atom. The van der Waals surface area contributed by atoms with Crippen LogP contribution in [0.1, 0.15) is 50.4 Å². The molecule has 0 aliphatic carbocycles. The Labute approximate surface area is 196 Å². The molecule has 1 aromatic carbocycles. The summed E-state index contributed by atoms with van der Waals surface area (Å²) in [5.41, 5.74) is 0.866. The van der Waals surface area contributed by atoms with E-state index in [1.54, 1.807) is 0 Å². The van der Waals surface area contributed by atoms with Crippen molar-refractivity contribution in [3.63, 3.8) is 0 Å². The van der Waals surface area contributed by atoms with Crippen molar-refractivity contribution >= 4 is 29.2 Å². The molecule has 0 aromatic heterocycles. The number of hydrogen-bond donors (Lipinski definition) is 1. The van der Waals surface area contributed by atoms with Crippen LogP contribution >= 0.6 is 12.2 Å². The lowest BCUT2D eigenvalue weighted by molar-refractivity contribution is -0.143. The van der Waals surface area contributed by atoms with Crippen LogP contribution in [0.5, 0.6) is 5.75 Å². The van der Waals surface area contributed by atoms with Crippen LogP contribution in [0.3, 0.4) is 0 Å². The third-order valence-corrected chi connectivity index (χ3v) is 7.03. The molecule has 3 rings (SSSR count). The maximum atomic E-state index is 12.9. The second kappa shape index (κ2) is 10.5. The predicted molar refractivity (Wildman–Crippen MR) is 128 cm³/mol. The van der Waals surface area contributed by atoms with Crippen molar-refractivity contribution in [2.24, 2.45) is 11.3 Å². The summed E-state index contributed by atoms with van der Waals surface area (Å²) in [6.45, 7) is 9.71. The number of piperidine rings is 1. The summed E-state index contributed by atoms with van der Waals surface area (Å²) in [5, 5.41) is 3.81. The van der Waals surface area contributed by atoms with Crippen molar-refractivity contribution < 1.29 is 19.1 Å². The molecule has 2 aliphatic heterocycles. The molecule has 1 N–H and O–H groups in total. The number of esters is 1. The highest BCUT2D eigenvalue weighted by atomic mass is 32.1. The van der Waals surface area contributed by atoms with Gasteiger partial charge < -0.3 is 24.6 Å². The first-order valence-corrected chi connectivity index (χ1v) is 11.8. The average Bonchev–Trinajstić information content (AvgIpc) is 3.21. The molecular weight excluding hydrogens is 426 g/mol. The Kier molecular flexibility index (Phi) is 7.98. The predicted octanol–water partition coefficient (Wildman–Crippen LogP) is 3.09. The van der Waals surface area contributed by atoms with E-state index in [4.69, 9.17) is 21.7 Å². The van der Waals surface area contributed by atoms with Gasteiger partial charge in [0.05, 0.1) is 13.7 Å². The number of carbonyl (C=O) groups excluding carboxylic acids is 2. The molecule has 1 atom stereocenters. The van der Waals surface area contributed by atoms with Gasteiger partial charge in [-0.2, -0.15) is 0 Å². The first kappa shape index (κ1) is 24.3. The van der Waals surface area contributed by atoms with E-state index in [9.17, 15) is 9.59 Å². The molecule has 1 unspecified atom stereocenters. The molecule has 7 nitrogen and oxygen atoms in total. The molecule has 1 aromatic rings. The molecule has 2 heterocycles. The molecule has 8 heteroatoms. The van der Waals surface area contributed by atoms with Gasteiger partial charge in [-0.3, -0.25) is 4.79 Å². The van der Waals surface area contributed by atoms with Gasteiger partial charge in [-0.15, -0.1) is 0 Å². The van der Waals surface area contributed by atoms with Crippen LogP contribution in [0.2, 0.25) is 0 Å². The number of methoxy groups -OCH3 is 1. The monoisotopic (exact) mass is 461 g/mol. The van der Waals surface area contributed by atoms with E-state index >= 15 is 0 Å². The van der Waals surface area contributed by atoms with E-state index in [2.05, 4.69) is 10.2 Å². The van der Waals surface area contributed by atoms with E-state index in [1.165, 1.54) is 7.11 Å². The second-order valence-corrected chi connectivity index (χ2v) is 9.50. The van der Waals surface area contributed by atoms with Crippen LogP contribution in [0.15, 0.2) is 24.3 Å². The Morgan fingerprint density at radius 3 is 2.22 bits per heavy atom. The van der Waals surface area contributed by atoms with Crippen LogP contribution in [-0.2, 0) is 9.53 Å². The van der Waals surface area contributed by atoms with Crippen molar-refractivity contribution in [1.29, 1.82) is 0 Å². The summed E-state index contributed by atoms with van der Waals surface area (Å²) in [4.78, 5) is 29.1. The van der Waals surface area contributed by atoms with Crippen LogP contribution in [-0.4, -0.2) is 72.7 Å². The molecule has 0 radical (unpaired) electrons. The van der Waals surface area contributed by atoms with Gasteiger partial charge in [0.15, 0.2) is 5.11 Å². The summed E-state index contributed by atoms with van der Waals surface area (Å²) < 4.78 is 10.4. The number of nitrogens with zero attached hydrogens (tertiary/aromatic N) is 2. The van der Waals surface area contributed by atoms with Gasteiger partial charge in [-0.25, -0.2) is 4.79 Å². The van der Waals surface area contributed by atoms with Gasteiger partial charge in [-0.05, 0) is 74.0 Å². The number of benzene rings is 1. The first-order valence-electron chi connectivity index (χ1n) is 11.4. The third kappa shape index (κ3) is 5.52. The quantitative estimate of drug-likeness (QED) is 0.516. The van der Waals surface area contributed by atoms with Gasteiger partial charge in [0.25, 0.3) is 5.91 Å². The highest BCUT2D eigenvalue weighted by Gasteiger charge is 2.42. The lowest BCUT2D eigenvalue weighted by atomic mass is 9.77. The molecule has 2 fully saturated rings. The summed E-state index contributed by atoms with van der Waals surface area (Å²) >= 11 is 5.62. The van der Waals surface area contributed by atoms with E-state index in [0.717, 1.165) is 51.2 Å². The van der Waals surface area contributed by atoms with Gasteiger partial charge >= 0.3 is 5.97 Å². The fourth-order valence-electron chi connectivity index (χ4n) is 4.59. The molecule has 32 heavy (non-hydrogen) atoms. The van der Waals surface area contributed by atoms with E-state index in [-0.39, 0.29) is 23.2 Å². The summed E-state index contributed by atoms with van der Waals surface area (Å²) in [6, 6.07) is 6.93. The van der Waals surface area contributed by atoms with Gasteiger partial charge in [0.2, 0.25) is 0 Å². The normalized spacial score (nSPS) is 18.5. The van der Waals surface area contributed by atoms with E-state index < -0.39 is 6.04 Å². The number of amides is 1. The molecule has 0 bridgehead atoms. The van der Waals surface area contributed by atoms with Gasteiger partial charge in [0.1, 0.15) is 11.8 Å². The fraction of sp³-hybridized carbons (Fsp3) is 0.625. The van der Waals surface area contributed by atoms with Crippen LogP contribution in [0.4, 0.5) is 0 Å². The number of thiocarbonyl (C=S) groups is 1. The Hall–Kier alpha value is -2.35. The lowest BCUT2D eigenvalue weighted by Crippen LogP contribution is -2.51. The molecule has 1 spiro atoms. The average molecular weight is 462 g/mol. The Balaban J connectivity index is 1.53. The smallest absolute Gasteiger partial charge is 0.328 e. The molecule has 2 saturated heterocycles. The Morgan fingerprint density at radius 2 is 1.69 bits per heavy atom. The van der Waals surface area contributed by atoms with Crippen LogP contribution in [0.25, 0.3) is 0 Å². The summed E-state index contributed by atoms with van der Waals surface area (Å²) in [6.07, 6.45) is 2.96. The number of hydrogen-bond acceptors (Lipinski definition) is 5. The van der Waals surface area contributed by atoms with Crippen LogP contribution < -0.4 is 10.1 Å². The summed E-state index contributed by atoms with van der Waals surface area (Å²) in [5.74, 6) is 0.642. The minimum atomic E-state index is -0.447. The third-order valence-electron chi connectivity index (χ3n) is 6.65. The zero-order valence-corrected chi connectivity index (χ0v) is 20.4. The number of nitrogens with one attached hydrogen (secondary N) is 1. The highest BCUT2D eigenvalue weighted by molar-refractivity contribution is 7.80. The maximum Gasteiger partial charge on any atom is 0.328 e. The fourth-order valence-corrected chi connectivity index (χ4v) is 4.88. The summed E-state index contributed by atoms with van der Waals surface area (Å²) in [7, 11) is 1.40. The largest absolute Gasteiger partial charge is 0.494 e. The van der Waals surface area contributed by atoms with Crippen LogP contribution in [0, 0.1) is 11.3 Å². The van der Waals surface area contributed by atoms with E-state index in [0.29, 0.717) is 17.3 Å². The maximum absolute atomic E-state index is 12.9. The number of carbonyl (C=O) groups is 2. The standard InChI is InChI=1S/C24H35N3O4S/c1-5-31-19-8-6-18(7-9-19)21(28)26-13-10-24(11-14-26)12-15-27(16-24)23(32)25-20(17(2)3)22(29)30-4/h6-9,17,20H,5,10-16H2,1-4H3,(H,25,32). The highest BCUT2D eigenvalue weighted by Crippen LogP contribution is 2.40. The van der Waals surface area contributed by atoms with Crippen molar-refractivity contribution in [3.05, 3.63) is 29.8 Å². The minimum absolute atomic E-state index is 0.0767. The van der Waals surface area contributed by atoms with Crippen molar-refractivity contribution in [3.8, 4) is 5.75 Å². The topological polar surface area (TPSA) is 71.1 Å². The first-order chi connectivity index (χ1) is 15.3. The molecule has 176 valence electrons. The Bertz CT molecular complexity index is 819. The molecule has 1 amide bonds. The lowest BCUT2D eigenvalue weighted by Gasteiger charge is -2.39. The van der Waals surface area contributed by atoms with Gasteiger partial charge in [0, 0.05) is 31.7 Å². The van der Waals surface area contributed by atoms with Gasteiger partial charge in [-0.1, -0.05) is 13.8 Å². The van der Waals surface area contributed by atoms with E-state index in [1.807, 2.05) is 49.9 Å². The zero-order chi connectivity index (χ0) is 23.3. The second-order valence-electron chi connectivity index (χ2n) is 9.12. The number of likely N-dealkylation sites (tertiary alicyclic amines) is 2.